The van der Waals surface area contributed by atoms with Crippen LogP contribution in [0.15, 0.2) is 0 Å². The third-order valence-electron chi connectivity index (χ3n) is 2.39. The van der Waals surface area contributed by atoms with E-state index in [-0.39, 0.29) is 12.1 Å². The topological polar surface area (TPSA) is 41.5 Å². The second kappa shape index (κ2) is 4.04. The third kappa shape index (κ3) is 2.15. The van der Waals surface area contributed by atoms with Gasteiger partial charge < -0.3 is 15.2 Å². The second-order valence-electron chi connectivity index (χ2n) is 3.09. The van der Waals surface area contributed by atoms with Gasteiger partial charge in [0, 0.05) is 18.7 Å². The lowest BCUT2D eigenvalue weighted by Crippen LogP contribution is -2.46. The first kappa shape index (κ1) is 8.97. The fourth-order valence-electron chi connectivity index (χ4n) is 1.47. The molecular weight excluding hydrogens is 142 g/mol. The smallest absolute Gasteiger partial charge is 0.0649 e. The van der Waals surface area contributed by atoms with Gasteiger partial charge in [-0.1, -0.05) is 6.92 Å². The van der Waals surface area contributed by atoms with Crippen molar-refractivity contribution in [3.05, 3.63) is 0 Å². The molecule has 0 amide bonds. The summed E-state index contributed by atoms with van der Waals surface area (Å²) in [4.78, 5) is 0. The van der Waals surface area contributed by atoms with Gasteiger partial charge in [-0.3, -0.25) is 0 Å². The molecule has 1 rings (SSSR count). The van der Waals surface area contributed by atoms with E-state index in [1.54, 1.807) is 0 Å². The highest BCUT2D eigenvalue weighted by Crippen LogP contribution is 2.21. The van der Waals surface area contributed by atoms with Crippen LogP contribution in [-0.4, -0.2) is 37.0 Å². The van der Waals surface area contributed by atoms with Crippen molar-refractivity contribution in [2.45, 2.75) is 25.3 Å². The summed E-state index contributed by atoms with van der Waals surface area (Å²) in [6, 6.07) is 0. The third-order valence-corrected chi connectivity index (χ3v) is 2.39. The Labute approximate surface area is 67.7 Å². The van der Waals surface area contributed by atoms with E-state index in [2.05, 4.69) is 12.2 Å². The first-order chi connectivity index (χ1) is 5.33. The molecule has 0 spiro atoms. The minimum atomic E-state index is 0.155. The molecule has 1 aliphatic heterocycles. The molecule has 0 aliphatic carbocycles. The van der Waals surface area contributed by atoms with Crippen LogP contribution in [0.3, 0.4) is 0 Å². The lowest BCUT2D eigenvalue weighted by Gasteiger charge is -2.26. The highest BCUT2D eigenvalue weighted by Gasteiger charge is 2.31. The zero-order valence-corrected chi connectivity index (χ0v) is 7.10. The molecule has 1 saturated heterocycles. The number of ether oxygens (including phenoxy) is 1. The van der Waals surface area contributed by atoms with Crippen LogP contribution in [0.5, 0.6) is 0 Å². The molecule has 0 aromatic heterocycles. The van der Waals surface area contributed by atoms with E-state index in [0.717, 1.165) is 26.1 Å². The molecule has 1 unspecified atom stereocenters. The zero-order valence-electron chi connectivity index (χ0n) is 7.10. The van der Waals surface area contributed by atoms with Crippen LogP contribution < -0.4 is 5.32 Å². The van der Waals surface area contributed by atoms with E-state index in [4.69, 9.17) is 9.84 Å². The van der Waals surface area contributed by atoms with E-state index < -0.39 is 0 Å². The van der Waals surface area contributed by atoms with Crippen molar-refractivity contribution >= 4 is 0 Å². The SMILES string of the molecule is CCC1(NCCO)CCOC1. The highest BCUT2D eigenvalue weighted by atomic mass is 16.5. The maximum absolute atomic E-state index is 8.63. The summed E-state index contributed by atoms with van der Waals surface area (Å²) in [7, 11) is 0. The first-order valence-electron chi connectivity index (χ1n) is 4.26. The van der Waals surface area contributed by atoms with E-state index in [0.29, 0.717) is 6.54 Å². The number of hydrogen-bond donors (Lipinski definition) is 2. The van der Waals surface area contributed by atoms with Crippen molar-refractivity contribution in [2.24, 2.45) is 0 Å². The predicted octanol–water partition coefficient (Wildman–Crippen LogP) is 0.137. The summed E-state index contributed by atoms with van der Waals surface area (Å²) in [5.74, 6) is 0. The minimum absolute atomic E-state index is 0.155. The molecule has 3 nitrogen and oxygen atoms in total. The van der Waals surface area contributed by atoms with Gasteiger partial charge in [-0.2, -0.15) is 0 Å². The molecule has 1 atom stereocenters. The maximum Gasteiger partial charge on any atom is 0.0649 e. The maximum atomic E-state index is 8.63. The summed E-state index contributed by atoms with van der Waals surface area (Å²) in [5.41, 5.74) is 0.155. The lowest BCUT2D eigenvalue weighted by molar-refractivity contribution is 0.160. The molecule has 0 aromatic carbocycles. The number of aliphatic hydroxyl groups excluding tert-OH is 1. The van der Waals surface area contributed by atoms with Crippen molar-refractivity contribution in [3.63, 3.8) is 0 Å². The van der Waals surface area contributed by atoms with E-state index >= 15 is 0 Å². The van der Waals surface area contributed by atoms with Gasteiger partial charge in [-0.15, -0.1) is 0 Å². The fraction of sp³-hybridized carbons (Fsp3) is 1.00. The van der Waals surface area contributed by atoms with Gasteiger partial charge in [0.15, 0.2) is 0 Å². The van der Waals surface area contributed by atoms with E-state index in [9.17, 15) is 0 Å². The van der Waals surface area contributed by atoms with Gasteiger partial charge in [0.05, 0.1) is 13.2 Å². The van der Waals surface area contributed by atoms with Gasteiger partial charge in [-0.25, -0.2) is 0 Å². The summed E-state index contributed by atoms with van der Waals surface area (Å²) in [6.07, 6.45) is 2.15. The second-order valence-corrected chi connectivity index (χ2v) is 3.09. The summed E-state index contributed by atoms with van der Waals surface area (Å²) < 4.78 is 5.30. The molecule has 0 bridgehead atoms. The fourth-order valence-corrected chi connectivity index (χ4v) is 1.47. The van der Waals surface area contributed by atoms with Crippen molar-refractivity contribution in [1.82, 2.24) is 5.32 Å². The normalized spacial score (nSPS) is 31.1. The Bertz CT molecular complexity index is 111. The molecule has 2 N–H and O–H groups in total. The number of aliphatic hydroxyl groups is 1. The standard InChI is InChI=1S/C8H17NO2/c1-2-8(9-4-5-10)3-6-11-7-8/h9-10H,2-7H2,1H3. The number of hydrogen-bond acceptors (Lipinski definition) is 3. The largest absolute Gasteiger partial charge is 0.395 e. The Kier molecular flexibility index (Phi) is 3.30. The van der Waals surface area contributed by atoms with Gasteiger partial charge in [-0.05, 0) is 12.8 Å². The molecular formula is C8H17NO2. The van der Waals surface area contributed by atoms with Crippen LogP contribution >= 0.6 is 0 Å². The van der Waals surface area contributed by atoms with Crippen LogP contribution in [0.4, 0.5) is 0 Å². The summed E-state index contributed by atoms with van der Waals surface area (Å²) in [5, 5.41) is 12.0. The lowest BCUT2D eigenvalue weighted by atomic mass is 9.95. The van der Waals surface area contributed by atoms with Crippen LogP contribution in [0.25, 0.3) is 0 Å². The van der Waals surface area contributed by atoms with Gasteiger partial charge in [0.2, 0.25) is 0 Å². The quantitative estimate of drug-likeness (QED) is 0.613. The summed E-state index contributed by atoms with van der Waals surface area (Å²) in [6.45, 7) is 4.69. The van der Waals surface area contributed by atoms with Gasteiger partial charge in [0.1, 0.15) is 0 Å². The van der Waals surface area contributed by atoms with Crippen molar-refractivity contribution in [1.29, 1.82) is 0 Å². The minimum Gasteiger partial charge on any atom is -0.395 e. The molecule has 3 heteroatoms. The number of β-amino-alcohol motifs (C(OH)–C–C–N with tert-alkyl or cyclic N) is 1. The molecule has 0 radical (unpaired) electrons. The highest BCUT2D eigenvalue weighted by molar-refractivity contribution is 4.89. The Morgan fingerprint density at radius 1 is 1.64 bits per heavy atom. The molecule has 1 heterocycles. The van der Waals surface area contributed by atoms with Crippen LogP contribution in [0.2, 0.25) is 0 Å². The van der Waals surface area contributed by atoms with Crippen LogP contribution in [-0.2, 0) is 4.74 Å². The Morgan fingerprint density at radius 2 is 2.45 bits per heavy atom. The predicted molar refractivity (Wildman–Crippen MR) is 43.5 cm³/mol. The molecule has 11 heavy (non-hydrogen) atoms. The first-order valence-corrected chi connectivity index (χ1v) is 4.26. The number of nitrogens with one attached hydrogen (secondary N) is 1. The average molecular weight is 159 g/mol. The molecule has 66 valence electrons. The van der Waals surface area contributed by atoms with E-state index in [1.807, 2.05) is 0 Å². The van der Waals surface area contributed by atoms with Gasteiger partial charge in [0.25, 0.3) is 0 Å². The average Bonchev–Trinajstić information content (AvgIpc) is 2.50. The van der Waals surface area contributed by atoms with Crippen molar-refractivity contribution < 1.29 is 9.84 Å². The Hall–Kier alpha value is -0.120. The number of rotatable bonds is 4. The van der Waals surface area contributed by atoms with Crippen LogP contribution in [0.1, 0.15) is 19.8 Å². The van der Waals surface area contributed by atoms with Gasteiger partial charge >= 0.3 is 0 Å². The van der Waals surface area contributed by atoms with E-state index in [1.165, 1.54) is 0 Å². The Balaban J connectivity index is 2.33. The van der Waals surface area contributed by atoms with Crippen LogP contribution in [0, 0.1) is 0 Å². The zero-order chi connectivity index (χ0) is 8.16. The summed E-state index contributed by atoms with van der Waals surface area (Å²) >= 11 is 0. The monoisotopic (exact) mass is 159 g/mol. The molecule has 0 aromatic rings. The molecule has 1 aliphatic rings. The molecule has 0 saturated carbocycles. The molecule has 1 fully saturated rings. The van der Waals surface area contributed by atoms with Crippen molar-refractivity contribution in [2.75, 3.05) is 26.4 Å². The van der Waals surface area contributed by atoms with Crippen molar-refractivity contribution in [3.8, 4) is 0 Å². The Morgan fingerprint density at radius 3 is 2.91 bits per heavy atom.